The van der Waals surface area contributed by atoms with E-state index in [4.69, 9.17) is 4.74 Å². The molecule has 0 aliphatic rings. The van der Waals surface area contributed by atoms with Gasteiger partial charge in [-0.1, -0.05) is 0 Å². The van der Waals surface area contributed by atoms with Gasteiger partial charge in [0.1, 0.15) is 0 Å². The average molecular weight is 126 g/mol. The quantitative estimate of drug-likeness (QED) is 0.521. The van der Waals surface area contributed by atoms with E-state index in [0.717, 1.165) is 4.68 Å². The van der Waals surface area contributed by atoms with Gasteiger partial charge < -0.3 is 4.74 Å². The Hall–Kier alpha value is -1.32. The van der Waals surface area contributed by atoms with Crippen molar-refractivity contribution in [2.24, 2.45) is 0 Å². The average Bonchev–Trinajstić information content (AvgIpc) is 2.34. The van der Waals surface area contributed by atoms with Crippen molar-refractivity contribution in [2.45, 2.75) is 0 Å². The molecule has 4 heteroatoms. The summed E-state index contributed by atoms with van der Waals surface area (Å²) in [4.78, 5) is 9.98. The van der Waals surface area contributed by atoms with Gasteiger partial charge in [0.2, 0.25) is 12.3 Å². The number of aromatic nitrogens is 2. The molecule has 1 aromatic rings. The summed E-state index contributed by atoms with van der Waals surface area (Å²) in [6.45, 7) is 0. The van der Waals surface area contributed by atoms with Gasteiger partial charge in [-0.25, -0.2) is 4.68 Å². The fourth-order valence-electron chi connectivity index (χ4n) is 0.488. The fourth-order valence-corrected chi connectivity index (χ4v) is 0.488. The first-order chi connectivity index (χ1) is 4.36. The number of rotatable bonds is 2. The standard InChI is InChI=1S/C5H6N2O2/c1-9-5-2-3-7(4-8)6-5/h2-4H,1H3. The second-order valence-electron chi connectivity index (χ2n) is 1.44. The van der Waals surface area contributed by atoms with Crippen LogP contribution in [-0.4, -0.2) is 23.3 Å². The molecule has 0 atom stereocenters. The van der Waals surface area contributed by atoms with Crippen molar-refractivity contribution in [2.75, 3.05) is 7.11 Å². The minimum Gasteiger partial charge on any atom is -0.480 e. The molecule has 0 spiro atoms. The Bertz CT molecular complexity index is 206. The third-order valence-corrected chi connectivity index (χ3v) is 0.901. The monoisotopic (exact) mass is 126 g/mol. The van der Waals surface area contributed by atoms with Gasteiger partial charge in [0.25, 0.3) is 0 Å². The predicted octanol–water partition coefficient (Wildman–Crippen LogP) is -0.0700. The Labute approximate surface area is 52.0 Å². The fraction of sp³-hybridized carbons (Fsp3) is 0.200. The molecule has 1 rings (SSSR count). The Morgan fingerprint density at radius 3 is 3.00 bits per heavy atom. The van der Waals surface area contributed by atoms with Crippen LogP contribution in [0.3, 0.4) is 0 Å². The first-order valence-corrected chi connectivity index (χ1v) is 2.41. The normalized spacial score (nSPS) is 9.00. The number of methoxy groups -OCH3 is 1. The number of hydrogen-bond acceptors (Lipinski definition) is 3. The topological polar surface area (TPSA) is 44.1 Å². The van der Waals surface area contributed by atoms with Gasteiger partial charge in [-0.2, -0.15) is 0 Å². The highest BCUT2D eigenvalue weighted by Crippen LogP contribution is 2.01. The predicted molar refractivity (Wildman–Crippen MR) is 30.9 cm³/mol. The van der Waals surface area contributed by atoms with Crippen molar-refractivity contribution >= 4 is 6.41 Å². The van der Waals surface area contributed by atoms with E-state index < -0.39 is 0 Å². The van der Waals surface area contributed by atoms with Gasteiger partial charge in [0.15, 0.2) is 0 Å². The van der Waals surface area contributed by atoms with E-state index in [1.165, 1.54) is 13.3 Å². The van der Waals surface area contributed by atoms with Crippen LogP contribution in [0.15, 0.2) is 12.3 Å². The van der Waals surface area contributed by atoms with Gasteiger partial charge >= 0.3 is 0 Å². The van der Waals surface area contributed by atoms with E-state index in [0.29, 0.717) is 12.3 Å². The molecule has 0 unspecified atom stereocenters. The number of nitrogens with zero attached hydrogens (tertiary/aromatic N) is 2. The first-order valence-electron chi connectivity index (χ1n) is 2.41. The zero-order valence-corrected chi connectivity index (χ0v) is 4.94. The van der Waals surface area contributed by atoms with Gasteiger partial charge in [0, 0.05) is 12.3 Å². The molecule has 0 saturated heterocycles. The van der Waals surface area contributed by atoms with Crippen molar-refractivity contribution in [3.05, 3.63) is 12.3 Å². The number of carbonyl (C=O) groups excluding carboxylic acids is 1. The second kappa shape index (κ2) is 2.30. The minimum absolute atomic E-state index is 0.446. The van der Waals surface area contributed by atoms with E-state index in [-0.39, 0.29) is 0 Å². The Morgan fingerprint density at radius 1 is 1.89 bits per heavy atom. The van der Waals surface area contributed by atoms with Crippen molar-refractivity contribution in [1.82, 2.24) is 9.78 Å². The van der Waals surface area contributed by atoms with Crippen LogP contribution in [0, 0.1) is 0 Å². The smallest absolute Gasteiger partial charge is 0.234 e. The lowest BCUT2D eigenvalue weighted by Crippen LogP contribution is -1.94. The number of ether oxygens (including phenoxy) is 1. The van der Waals surface area contributed by atoms with Crippen LogP contribution in [0.1, 0.15) is 0 Å². The largest absolute Gasteiger partial charge is 0.480 e. The third-order valence-electron chi connectivity index (χ3n) is 0.901. The minimum atomic E-state index is 0.446. The first kappa shape index (κ1) is 5.81. The molecule has 1 heterocycles. The molecule has 0 aliphatic heterocycles. The van der Waals surface area contributed by atoms with Gasteiger partial charge in [0.05, 0.1) is 7.11 Å². The van der Waals surface area contributed by atoms with Crippen LogP contribution < -0.4 is 4.74 Å². The molecule has 0 amide bonds. The van der Waals surface area contributed by atoms with Gasteiger partial charge in [-0.05, 0) is 0 Å². The van der Waals surface area contributed by atoms with Crippen molar-refractivity contribution in [3.8, 4) is 5.88 Å². The summed E-state index contributed by atoms with van der Waals surface area (Å²) < 4.78 is 5.84. The van der Waals surface area contributed by atoms with Crippen LogP contribution in [0.2, 0.25) is 0 Å². The van der Waals surface area contributed by atoms with E-state index >= 15 is 0 Å². The van der Waals surface area contributed by atoms with Gasteiger partial charge in [-0.15, -0.1) is 5.10 Å². The summed E-state index contributed by atoms with van der Waals surface area (Å²) >= 11 is 0. The second-order valence-corrected chi connectivity index (χ2v) is 1.44. The molecule has 0 aliphatic carbocycles. The molecule has 1 aromatic heterocycles. The van der Waals surface area contributed by atoms with E-state index in [9.17, 15) is 4.79 Å². The lowest BCUT2D eigenvalue weighted by molar-refractivity contribution is 0.394. The highest BCUT2D eigenvalue weighted by molar-refractivity contribution is 5.50. The third kappa shape index (κ3) is 1.07. The van der Waals surface area contributed by atoms with E-state index in [2.05, 4.69) is 5.10 Å². The zero-order chi connectivity index (χ0) is 6.69. The van der Waals surface area contributed by atoms with Crippen LogP contribution in [0.5, 0.6) is 5.88 Å². The van der Waals surface area contributed by atoms with E-state index in [1.54, 1.807) is 6.07 Å². The molecule has 4 nitrogen and oxygen atoms in total. The van der Waals surface area contributed by atoms with Gasteiger partial charge in [-0.3, -0.25) is 4.79 Å². The molecule has 0 radical (unpaired) electrons. The molecule has 9 heavy (non-hydrogen) atoms. The SMILES string of the molecule is COc1ccn(C=O)n1. The lowest BCUT2D eigenvalue weighted by atomic mass is 10.7. The number of carbonyl (C=O) groups is 1. The van der Waals surface area contributed by atoms with Crippen LogP contribution in [0.4, 0.5) is 0 Å². The maximum atomic E-state index is 9.98. The summed E-state index contributed by atoms with van der Waals surface area (Å²) in [5.41, 5.74) is 0. The Balaban J connectivity index is 2.86. The Morgan fingerprint density at radius 2 is 2.67 bits per heavy atom. The highest BCUT2D eigenvalue weighted by Gasteiger charge is 1.92. The van der Waals surface area contributed by atoms with Crippen molar-refractivity contribution < 1.29 is 9.53 Å². The van der Waals surface area contributed by atoms with Crippen LogP contribution >= 0.6 is 0 Å². The van der Waals surface area contributed by atoms with Crippen molar-refractivity contribution in [1.29, 1.82) is 0 Å². The van der Waals surface area contributed by atoms with Crippen LogP contribution in [-0.2, 0) is 4.79 Å². The molecule has 0 saturated carbocycles. The molecule has 0 fully saturated rings. The summed E-state index contributed by atoms with van der Waals surface area (Å²) in [6.07, 6.45) is 2.12. The lowest BCUT2D eigenvalue weighted by Gasteiger charge is -1.87. The van der Waals surface area contributed by atoms with E-state index in [1.807, 2.05) is 0 Å². The molecular formula is C5H6N2O2. The summed E-state index contributed by atoms with van der Waals surface area (Å²) in [5, 5.41) is 3.67. The molecule has 0 aromatic carbocycles. The highest BCUT2D eigenvalue weighted by atomic mass is 16.5. The molecular weight excluding hydrogens is 120 g/mol. The van der Waals surface area contributed by atoms with Crippen LogP contribution in [0.25, 0.3) is 0 Å². The summed E-state index contributed by atoms with van der Waals surface area (Å²) in [5.74, 6) is 0.446. The molecule has 0 bridgehead atoms. The maximum absolute atomic E-state index is 9.98. The summed E-state index contributed by atoms with van der Waals surface area (Å²) in [6, 6.07) is 1.61. The maximum Gasteiger partial charge on any atom is 0.234 e. The summed E-state index contributed by atoms with van der Waals surface area (Å²) in [7, 11) is 1.50. The number of hydrogen-bond donors (Lipinski definition) is 0. The van der Waals surface area contributed by atoms with Crippen molar-refractivity contribution in [3.63, 3.8) is 0 Å². The Kier molecular flexibility index (Phi) is 1.48. The zero-order valence-electron chi connectivity index (χ0n) is 4.94. The molecule has 0 N–H and O–H groups in total. The molecule has 48 valence electrons.